The van der Waals surface area contributed by atoms with Gasteiger partial charge in [0, 0.05) is 5.02 Å². The Morgan fingerprint density at radius 3 is 3.07 bits per heavy atom. The van der Waals surface area contributed by atoms with E-state index in [2.05, 4.69) is 4.99 Å². The fourth-order valence-corrected chi connectivity index (χ4v) is 2.31. The van der Waals surface area contributed by atoms with Crippen LogP contribution in [0, 0.1) is 0 Å². The Labute approximate surface area is 87.6 Å². The van der Waals surface area contributed by atoms with Gasteiger partial charge in [-0.3, -0.25) is 0 Å². The standard InChI is InChI=1S/C11H10ClNO/c1-11(13-7-14)6-5-8-9(11)3-2-4-10(8)12/h2-4H,5-6H2,1H3. The zero-order valence-corrected chi connectivity index (χ0v) is 8.64. The summed E-state index contributed by atoms with van der Waals surface area (Å²) in [7, 11) is 0. The summed E-state index contributed by atoms with van der Waals surface area (Å²) in [5.74, 6) is 0. The first-order valence-corrected chi connectivity index (χ1v) is 4.92. The number of isocyanates is 1. The second-order valence-corrected chi connectivity index (χ2v) is 4.15. The van der Waals surface area contributed by atoms with Crippen LogP contribution in [0.1, 0.15) is 24.5 Å². The second-order valence-electron chi connectivity index (χ2n) is 3.74. The van der Waals surface area contributed by atoms with Crippen LogP contribution in [0.2, 0.25) is 5.02 Å². The maximum absolute atomic E-state index is 10.3. The van der Waals surface area contributed by atoms with Gasteiger partial charge < -0.3 is 0 Å². The molecule has 1 aliphatic carbocycles. The van der Waals surface area contributed by atoms with Crippen LogP contribution in [0.15, 0.2) is 23.2 Å². The van der Waals surface area contributed by atoms with Gasteiger partial charge in [-0.15, -0.1) is 0 Å². The van der Waals surface area contributed by atoms with E-state index >= 15 is 0 Å². The summed E-state index contributed by atoms with van der Waals surface area (Å²) in [6.07, 6.45) is 3.36. The van der Waals surface area contributed by atoms with Gasteiger partial charge in [0.15, 0.2) is 0 Å². The van der Waals surface area contributed by atoms with Crippen molar-refractivity contribution in [3.63, 3.8) is 0 Å². The van der Waals surface area contributed by atoms with Crippen molar-refractivity contribution in [2.75, 3.05) is 0 Å². The molecule has 72 valence electrons. The minimum Gasteiger partial charge on any atom is -0.211 e. The van der Waals surface area contributed by atoms with Crippen LogP contribution in [0.3, 0.4) is 0 Å². The van der Waals surface area contributed by atoms with Gasteiger partial charge in [0.1, 0.15) is 0 Å². The number of halogens is 1. The summed E-state index contributed by atoms with van der Waals surface area (Å²) in [4.78, 5) is 14.2. The molecule has 0 bridgehead atoms. The number of rotatable bonds is 1. The molecule has 0 fully saturated rings. The molecule has 3 heteroatoms. The van der Waals surface area contributed by atoms with Crippen molar-refractivity contribution in [1.29, 1.82) is 0 Å². The summed E-state index contributed by atoms with van der Waals surface area (Å²) in [5.41, 5.74) is 1.77. The van der Waals surface area contributed by atoms with Crippen molar-refractivity contribution in [1.82, 2.24) is 0 Å². The lowest BCUT2D eigenvalue weighted by Gasteiger charge is -2.17. The fraction of sp³-hybridized carbons (Fsp3) is 0.364. The molecule has 0 amide bonds. The van der Waals surface area contributed by atoms with Gasteiger partial charge in [-0.2, -0.15) is 4.99 Å². The number of nitrogens with zero attached hydrogens (tertiary/aromatic N) is 1. The van der Waals surface area contributed by atoms with E-state index in [1.54, 1.807) is 6.08 Å². The van der Waals surface area contributed by atoms with E-state index in [1.165, 1.54) is 0 Å². The molecule has 0 radical (unpaired) electrons. The van der Waals surface area contributed by atoms with Gasteiger partial charge in [-0.05, 0) is 37.0 Å². The monoisotopic (exact) mass is 207 g/mol. The molecule has 0 saturated carbocycles. The molecule has 14 heavy (non-hydrogen) atoms. The van der Waals surface area contributed by atoms with Gasteiger partial charge in [-0.25, -0.2) is 4.79 Å². The lowest BCUT2D eigenvalue weighted by molar-refractivity contribution is 0.482. The molecule has 1 aliphatic rings. The normalized spacial score (nSPS) is 24.1. The molecule has 1 unspecified atom stereocenters. The van der Waals surface area contributed by atoms with E-state index in [0.29, 0.717) is 0 Å². The smallest absolute Gasteiger partial charge is 0.211 e. The Bertz CT molecular complexity index is 423. The van der Waals surface area contributed by atoms with E-state index in [1.807, 2.05) is 25.1 Å². The highest BCUT2D eigenvalue weighted by Crippen LogP contribution is 2.42. The van der Waals surface area contributed by atoms with Crippen LogP contribution in [0.25, 0.3) is 0 Å². The van der Waals surface area contributed by atoms with Crippen LogP contribution in [-0.2, 0) is 16.8 Å². The minimum atomic E-state index is -0.415. The van der Waals surface area contributed by atoms with Crippen molar-refractivity contribution in [3.8, 4) is 0 Å². The Morgan fingerprint density at radius 1 is 1.57 bits per heavy atom. The van der Waals surface area contributed by atoms with Crippen LogP contribution < -0.4 is 0 Å². The van der Waals surface area contributed by atoms with E-state index in [4.69, 9.17) is 11.6 Å². The average Bonchev–Trinajstić information content (AvgIpc) is 2.47. The van der Waals surface area contributed by atoms with Gasteiger partial charge in [-0.1, -0.05) is 23.7 Å². The van der Waals surface area contributed by atoms with Gasteiger partial charge in [0.25, 0.3) is 0 Å². The van der Waals surface area contributed by atoms with Crippen molar-refractivity contribution in [2.45, 2.75) is 25.3 Å². The zero-order chi connectivity index (χ0) is 10.2. The van der Waals surface area contributed by atoms with E-state index in [0.717, 1.165) is 29.0 Å². The quantitative estimate of drug-likeness (QED) is 0.514. The number of hydrogen-bond donors (Lipinski definition) is 0. The summed E-state index contributed by atoms with van der Waals surface area (Å²) in [6, 6.07) is 5.75. The van der Waals surface area contributed by atoms with E-state index < -0.39 is 5.54 Å². The molecular formula is C11H10ClNO. The lowest BCUT2D eigenvalue weighted by atomic mass is 9.95. The number of hydrogen-bond acceptors (Lipinski definition) is 2. The highest BCUT2D eigenvalue weighted by atomic mass is 35.5. The molecule has 1 aromatic rings. The van der Waals surface area contributed by atoms with Crippen molar-refractivity contribution < 1.29 is 4.79 Å². The molecule has 0 saturated heterocycles. The summed E-state index contributed by atoms with van der Waals surface area (Å²) < 4.78 is 0. The van der Waals surface area contributed by atoms with Crippen LogP contribution in [-0.4, -0.2) is 6.08 Å². The fourth-order valence-electron chi connectivity index (χ4n) is 2.04. The van der Waals surface area contributed by atoms with Crippen molar-refractivity contribution in [2.24, 2.45) is 4.99 Å². The van der Waals surface area contributed by atoms with E-state index in [9.17, 15) is 4.79 Å². The van der Waals surface area contributed by atoms with Gasteiger partial charge in [0.05, 0.1) is 5.54 Å². The molecule has 2 nitrogen and oxygen atoms in total. The summed E-state index contributed by atoms with van der Waals surface area (Å²) in [5, 5.41) is 0.771. The minimum absolute atomic E-state index is 0.415. The SMILES string of the molecule is CC1(N=C=O)CCc2c(Cl)cccc21. The van der Waals surface area contributed by atoms with Gasteiger partial charge in [0.2, 0.25) is 6.08 Å². The predicted octanol–water partition coefficient (Wildman–Crippen LogP) is 2.84. The lowest BCUT2D eigenvalue weighted by Crippen LogP contribution is -2.14. The maximum Gasteiger partial charge on any atom is 0.235 e. The Morgan fingerprint density at radius 2 is 2.36 bits per heavy atom. The highest BCUT2D eigenvalue weighted by molar-refractivity contribution is 6.31. The molecule has 1 atom stereocenters. The Hall–Kier alpha value is -1.11. The molecule has 1 aromatic carbocycles. The number of benzene rings is 1. The third-order valence-corrected chi connectivity index (χ3v) is 3.21. The molecule has 0 aliphatic heterocycles. The molecule has 0 heterocycles. The first-order chi connectivity index (χ1) is 6.67. The molecule has 2 rings (SSSR count). The first kappa shape index (κ1) is 9.45. The number of aliphatic imine (C=N–C) groups is 1. The molecule has 0 aromatic heterocycles. The van der Waals surface area contributed by atoms with Crippen LogP contribution >= 0.6 is 11.6 Å². The molecular weight excluding hydrogens is 198 g/mol. The summed E-state index contributed by atoms with van der Waals surface area (Å²) in [6.45, 7) is 1.94. The largest absolute Gasteiger partial charge is 0.235 e. The van der Waals surface area contributed by atoms with Crippen LogP contribution in [0.4, 0.5) is 0 Å². The Balaban J connectivity index is 2.60. The maximum atomic E-state index is 10.3. The number of carbonyl (C=O) groups excluding carboxylic acids is 1. The third-order valence-electron chi connectivity index (χ3n) is 2.85. The van der Waals surface area contributed by atoms with Gasteiger partial charge >= 0.3 is 0 Å². The van der Waals surface area contributed by atoms with Crippen molar-refractivity contribution >= 4 is 17.7 Å². The predicted molar refractivity (Wildman–Crippen MR) is 55.2 cm³/mol. The van der Waals surface area contributed by atoms with Crippen LogP contribution in [0.5, 0.6) is 0 Å². The van der Waals surface area contributed by atoms with Crippen molar-refractivity contribution in [3.05, 3.63) is 34.3 Å². The first-order valence-electron chi connectivity index (χ1n) is 4.54. The third kappa shape index (κ3) is 1.28. The number of fused-ring (bicyclic) bond motifs is 1. The Kier molecular flexibility index (Phi) is 2.18. The zero-order valence-electron chi connectivity index (χ0n) is 7.88. The molecule has 0 N–H and O–H groups in total. The topological polar surface area (TPSA) is 29.4 Å². The average molecular weight is 208 g/mol. The summed E-state index contributed by atoms with van der Waals surface area (Å²) >= 11 is 6.06. The van der Waals surface area contributed by atoms with E-state index in [-0.39, 0.29) is 0 Å². The highest BCUT2D eigenvalue weighted by Gasteiger charge is 2.35. The second kappa shape index (κ2) is 3.23. The molecule has 0 spiro atoms.